The summed E-state index contributed by atoms with van der Waals surface area (Å²) in [6, 6.07) is 15.3. The fraction of sp³-hybridized carbons (Fsp3) is 0.355. The second-order valence-corrected chi connectivity index (χ2v) is 10.0. The van der Waals surface area contributed by atoms with Crippen LogP contribution >= 0.6 is 0 Å². The van der Waals surface area contributed by atoms with E-state index in [2.05, 4.69) is 5.32 Å². The Morgan fingerprint density at radius 2 is 1.64 bits per heavy atom. The monoisotopic (exact) mass is 536 g/mol. The largest absolute Gasteiger partial charge is 0.481 e. The zero-order chi connectivity index (χ0) is 28.7. The molecule has 7 nitrogen and oxygen atoms in total. The number of aliphatic hydroxyl groups excluding tert-OH is 2. The van der Waals surface area contributed by atoms with Crippen LogP contribution in [0.25, 0.3) is 16.8 Å². The average Bonchev–Trinajstić information content (AvgIpc) is 3.23. The van der Waals surface area contributed by atoms with E-state index in [1.807, 2.05) is 68.7 Å². The number of aromatic nitrogens is 1. The molecule has 39 heavy (non-hydrogen) atoms. The van der Waals surface area contributed by atoms with E-state index in [0.717, 1.165) is 22.5 Å². The van der Waals surface area contributed by atoms with Gasteiger partial charge in [-0.1, -0.05) is 38.1 Å². The number of carbonyl (C=O) groups is 2. The minimum Gasteiger partial charge on any atom is -0.481 e. The third kappa shape index (κ3) is 7.43. The summed E-state index contributed by atoms with van der Waals surface area (Å²) in [7, 11) is 0. The number of carbonyl (C=O) groups excluding carboxylic acids is 1. The molecule has 0 aliphatic rings. The third-order valence-electron chi connectivity index (χ3n) is 6.69. The van der Waals surface area contributed by atoms with Crippen molar-refractivity contribution in [2.24, 2.45) is 0 Å². The predicted molar refractivity (Wildman–Crippen MR) is 151 cm³/mol. The first-order valence-corrected chi connectivity index (χ1v) is 13.1. The lowest BCUT2D eigenvalue weighted by Crippen LogP contribution is -2.22. The molecule has 0 spiro atoms. The summed E-state index contributed by atoms with van der Waals surface area (Å²) < 4.78 is 15.9. The highest BCUT2D eigenvalue weighted by atomic mass is 19.1. The van der Waals surface area contributed by atoms with E-state index in [9.17, 15) is 24.2 Å². The normalized spacial score (nSPS) is 13.4. The molecule has 208 valence electrons. The lowest BCUT2D eigenvalue weighted by Gasteiger charge is -2.20. The van der Waals surface area contributed by atoms with E-state index in [0.29, 0.717) is 23.4 Å². The number of amides is 1. The number of para-hydroxylation sites is 1. The van der Waals surface area contributed by atoms with Crippen LogP contribution in [0.2, 0.25) is 0 Å². The van der Waals surface area contributed by atoms with Crippen LogP contribution in [0.15, 0.2) is 60.7 Å². The maximum Gasteiger partial charge on any atom is 0.305 e. The van der Waals surface area contributed by atoms with E-state index < -0.39 is 24.6 Å². The van der Waals surface area contributed by atoms with Gasteiger partial charge in [0.25, 0.3) is 5.91 Å². The molecule has 0 aliphatic heterocycles. The van der Waals surface area contributed by atoms with Crippen LogP contribution in [0.4, 0.5) is 10.1 Å². The number of aliphatic hydroxyl groups is 2. The number of carboxylic acid groups (broad SMARTS) is 1. The lowest BCUT2D eigenvalue weighted by atomic mass is 9.95. The minimum atomic E-state index is -1.17. The van der Waals surface area contributed by atoms with E-state index >= 15 is 0 Å². The Labute approximate surface area is 228 Å². The number of carboxylic acids is 1. The first-order chi connectivity index (χ1) is 18.5. The summed E-state index contributed by atoms with van der Waals surface area (Å²) in [5.41, 5.74) is 4.95. The van der Waals surface area contributed by atoms with Gasteiger partial charge in [-0.05, 0) is 80.1 Å². The summed E-state index contributed by atoms with van der Waals surface area (Å²) in [6.45, 7) is 8.09. The molecule has 1 amide bonds. The maximum absolute atomic E-state index is 13.9. The molecule has 4 N–H and O–H groups in total. The van der Waals surface area contributed by atoms with Crippen molar-refractivity contribution in [1.29, 1.82) is 0 Å². The Balaban J connectivity index is 2.17. The fourth-order valence-corrected chi connectivity index (χ4v) is 4.85. The lowest BCUT2D eigenvalue weighted by molar-refractivity contribution is -0.139. The van der Waals surface area contributed by atoms with Crippen molar-refractivity contribution < 1.29 is 29.3 Å². The molecular formula is C31H37FN2O5. The molecule has 1 heterocycles. The molecule has 0 saturated heterocycles. The van der Waals surface area contributed by atoms with Crippen molar-refractivity contribution >= 4 is 23.1 Å². The van der Waals surface area contributed by atoms with Crippen LogP contribution in [0.1, 0.15) is 74.5 Å². The third-order valence-corrected chi connectivity index (χ3v) is 6.69. The molecule has 0 bridgehead atoms. The Morgan fingerprint density at radius 3 is 2.21 bits per heavy atom. The van der Waals surface area contributed by atoms with Crippen molar-refractivity contribution in [2.45, 2.75) is 71.6 Å². The summed E-state index contributed by atoms with van der Waals surface area (Å²) in [4.78, 5) is 24.8. The van der Waals surface area contributed by atoms with Gasteiger partial charge in [-0.15, -0.1) is 0 Å². The summed E-state index contributed by atoms with van der Waals surface area (Å²) in [5, 5.41) is 32.6. The number of hydrogen-bond donors (Lipinski definition) is 4. The summed E-state index contributed by atoms with van der Waals surface area (Å²) >= 11 is 0. The van der Waals surface area contributed by atoms with Crippen molar-refractivity contribution in [1.82, 2.24) is 4.57 Å². The molecule has 8 heteroatoms. The Bertz CT molecular complexity index is 1310. The number of allylic oxidation sites excluding steroid dienone is 2. The van der Waals surface area contributed by atoms with Gasteiger partial charge in [0, 0.05) is 23.5 Å². The van der Waals surface area contributed by atoms with Crippen molar-refractivity contribution in [3.63, 3.8) is 0 Å². The van der Waals surface area contributed by atoms with Gasteiger partial charge in [0.05, 0.1) is 29.9 Å². The van der Waals surface area contributed by atoms with E-state index in [-0.39, 0.29) is 30.5 Å². The van der Waals surface area contributed by atoms with Crippen LogP contribution in [-0.2, 0) is 11.3 Å². The molecule has 0 aliphatic carbocycles. The van der Waals surface area contributed by atoms with Gasteiger partial charge in [0.1, 0.15) is 5.82 Å². The number of halogens is 1. The second kappa shape index (κ2) is 13.4. The van der Waals surface area contributed by atoms with Gasteiger partial charge in [-0.2, -0.15) is 0 Å². The van der Waals surface area contributed by atoms with Crippen LogP contribution in [-0.4, -0.2) is 44.0 Å². The van der Waals surface area contributed by atoms with Gasteiger partial charge in [-0.3, -0.25) is 9.59 Å². The molecule has 2 atom stereocenters. The van der Waals surface area contributed by atoms with Crippen LogP contribution in [0.5, 0.6) is 0 Å². The number of nitrogens with one attached hydrogen (secondary N) is 1. The fourth-order valence-electron chi connectivity index (χ4n) is 4.85. The Morgan fingerprint density at radius 1 is 1.00 bits per heavy atom. The first-order valence-electron chi connectivity index (χ1n) is 13.1. The smallest absolute Gasteiger partial charge is 0.305 e. The number of aliphatic carboxylic acids is 1. The number of nitrogens with zero attached hydrogens (tertiary/aromatic N) is 1. The molecule has 1 aromatic heterocycles. The van der Waals surface area contributed by atoms with Gasteiger partial charge < -0.3 is 25.2 Å². The number of hydrogen-bond acceptors (Lipinski definition) is 4. The van der Waals surface area contributed by atoms with Crippen LogP contribution in [0, 0.1) is 5.82 Å². The maximum atomic E-state index is 13.9. The predicted octanol–water partition coefficient (Wildman–Crippen LogP) is 6.07. The molecule has 0 radical (unpaired) electrons. The van der Waals surface area contributed by atoms with E-state index in [1.165, 1.54) is 12.1 Å². The quantitative estimate of drug-likeness (QED) is 0.225. The van der Waals surface area contributed by atoms with E-state index in [4.69, 9.17) is 5.11 Å². The number of rotatable bonds is 12. The number of benzene rings is 2. The van der Waals surface area contributed by atoms with Crippen molar-refractivity contribution in [3.05, 3.63) is 83.3 Å². The highest BCUT2D eigenvalue weighted by Gasteiger charge is 2.30. The highest BCUT2D eigenvalue weighted by Crippen LogP contribution is 2.40. The topological polar surface area (TPSA) is 112 Å². The number of anilines is 1. The van der Waals surface area contributed by atoms with E-state index in [1.54, 1.807) is 12.1 Å². The molecular weight excluding hydrogens is 499 g/mol. The van der Waals surface area contributed by atoms with Gasteiger partial charge in [0.15, 0.2) is 0 Å². The second-order valence-electron chi connectivity index (χ2n) is 10.0. The highest BCUT2D eigenvalue weighted by molar-refractivity contribution is 6.10. The van der Waals surface area contributed by atoms with Crippen LogP contribution < -0.4 is 5.32 Å². The Kier molecular flexibility index (Phi) is 10.2. The molecule has 2 aromatic carbocycles. The van der Waals surface area contributed by atoms with Crippen molar-refractivity contribution in [3.8, 4) is 11.3 Å². The zero-order valence-electron chi connectivity index (χ0n) is 22.8. The summed E-state index contributed by atoms with van der Waals surface area (Å²) in [5.74, 6) is -1.88. The molecule has 0 unspecified atom stereocenters. The SMILES string of the molecule is C/C=C(\C)c1c(C(=O)Nc2ccccc2)c(C(C)C)n(CC[C@@H](O)C[C@@H](O)CC(=O)O)c1-c1ccc(F)cc1. The van der Waals surface area contributed by atoms with Gasteiger partial charge in [0.2, 0.25) is 0 Å². The van der Waals surface area contributed by atoms with Gasteiger partial charge in [-0.25, -0.2) is 4.39 Å². The minimum absolute atomic E-state index is 0.0848. The molecule has 0 fully saturated rings. The van der Waals surface area contributed by atoms with Crippen molar-refractivity contribution in [2.75, 3.05) is 5.32 Å². The molecule has 0 saturated carbocycles. The van der Waals surface area contributed by atoms with Crippen LogP contribution in [0.3, 0.4) is 0 Å². The zero-order valence-corrected chi connectivity index (χ0v) is 22.8. The summed E-state index contributed by atoms with van der Waals surface area (Å²) in [6.07, 6.45) is -0.529. The molecule has 3 aromatic rings. The van der Waals surface area contributed by atoms with Gasteiger partial charge >= 0.3 is 5.97 Å². The Hall–Kier alpha value is -3.75. The standard InChI is InChI=1S/C31H37FN2O5/c1-5-20(4)27-28(31(39)33-23-9-7-6-8-10-23)29(19(2)3)34(30(27)21-11-13-22(32)14-12-21)16-15-24(35)17-25(36)18-26(37)38/h5-14,19,24-25,35-36H,15-18H2,1-4H3,(H,33,39)(H,37,38)/b20-5+/t24-,25-/m1/s1. The first kappa shape index (κ1) is 29.8. The average molecular weight is 537 g/mol. The molecule has 3 rings (SSSR count).